The zero-order valence-electron chi connectivity index (χ0n) is 15.3. The molecule has 1 amide bonds. The molecule has 0 spiro atoms. The molecule has 27 heavy (non-hydrogen) atoms. The summed E-state index contributed by atoms with van der Waals surface area (Å²) in [4.78, 5) is 12.6. The Labute approximate surface area is 156 Å². The maximum Gasteiger partial charge on any atom is 0.251 e. The van der Waals surface area contributed by atoms with Crippen molar-refractivity contribution in [3.05, 3.63) is 83.1 Å². The van der Waals surface area contributed by atoms with Crippen LogP contribution in [0.25, 0.3) is 5.65 Å². The van der Waals surface area contributed by atoms with E-state index in [1.165, 1.54) is 0 Å². The van der Waals surface area contributed by atoms with E-state index in [1.54, 1.807) is 0 Å². The standard InChI is InChI=1S/C20H20N6O/c1-14-10-15(2)26(24-14)13-16-6-5-7-17(11-16)20(27)21-12-19-23-22-18-8-3-4-9-25(18)19/h3-11H,12-13H2,1-2H3,(H,21,27). The smallest absolute Gasteiger partial charge is 0.251 e. The van der Waals surface area contributed by atoms with Crippen LogP contribution in [0.3, 0.4) is 0 Å². The maximum atomic E-state index is 12.6. The molecule has 3 heterocycles. The zero-order chi connectivity index (χ0) is 18.8. The molecule has 0 aliphatic carbocycles. The van der Waals surface area contributed by atoms with Crippen LogP contribution < -0.4 is 5.32 Å². The number of nitrogens with one attached hydrogen (secondary N) is 1. The second kappa shape index (κ2) is 7.03. The van der Waals surface area contributed by atoms with Gasteiger partial charge in [0.05, 0.1) is 18.8 Å². The number of nitrogens with zero attached hydrogens (tertiary/aromatic N) is 5. The van der Waals surface area contributed by atoms with Crippen molar-refractivity contribution in [2.45, 2.75) is 26.9 Å². The monoisotopic (exact) mass is 360 g/mol. The van der Waals surface area contributed by atoms with Crippen molar-refractivity contribution in [1.29, 1.82) is 0 Å². The summed E-state index contributed by atoms with van der Waals surface area (Å²) >= 11 is 0. The highest BCUT2D eigenvalue weighted by molar-refractivity contribution is 5.94. The van der Waals surface area contributed by atoms with Crippen molar-refractivity contribution in [3.63, 3.8) is 0 Å². The van der Waals surface area contributed by atoms with Gasteiger partial charge in [0.1, 0.15) is 0 Å². The molecule has 7 heteroatoms. The van der Waals surface area contributed by atoms with E-state index in [1.807, 2.05) is 77.7 Å². The summed E-state index contributed by atoms with van der Waals surface area (Å²) in [6.07, 6.45) is 1.88. The van der Waals surface area contributed by atoms with Crippen LogP contribution in [0.1, 0.15) is 33.1 Å². The Morgan fingerprint density at radius 1 is 1.07 bits per heavy atom. The maximum absolute atomic E-state index is 12.6. The van der Waals surface area contributed by atoms with E-state index in [0.717, 1.165) is 22.6 Å². The number of amides is 1. The first-order chi connectivity index (χ1) is 13.1. The molecule has 3 aromatic heterocycles. The highest BCUT2D eigenvalue weighted by atomic mass is 16.1. The Morgan fingerprint density at radius 3 is 2.78 bits per heavy atom. The number of carbonyl (C=O) groups is 1. The SMILES string of the molecule is Cc1cc(C)n(Cc2cccc(C(=O)NCc3nnc4ccccn34)c2)n1. The van der Waals surface area contributed by atoms with Crippen molar-refractivity contribution in [2.24, 2.45) is 0 Å². The Bertz CT molecular complexity index is 1110. The summed E-state index contributed by atoms with van der Waals surface area (Å²) in [6.45, 7) is 4.95. The number of pyridine rings is 1. The molecule has 0 radical (unpaired) electrons. The highest BCUT2D eigenvalue weighted by Crippen LogP contribution is 2.10. The van der Waals surface area contributed by atoms with Crippen molar-refractivity contribution in [2.75, 3.05) is 0 Å². The highest BCUT2D eigenvalue weighted by Gasteiger charge is 2.10. The van der Waals surface area contributed by atoms with Crippen LogP contribution in [0, 0.1) is 13.8 Å². The fourth-order valence-corrected chi connectivity index (χ4v) is 3.09. The molecule has 1 N–H and O–H groups in total. The van der Waals surface area contributed by atoms with Crippen LogP contribution in [-0.2, 0) is 13.1 Å². The Kier molecular flexibility index (Phi) is 4.42. The van der Waals surface area contributed by atoms with Crippen molar-refractivity contribution in [1.82, 2.24) is 29.7 Å². The van der Waals surface area contributed by atoms with Crippen LogP contribution in [0.4, 0.5) is 0 Å². The van der Waals surface area contributed by atoms with E-state index in [9.17, 15) is 4.79 Å². The predicted octanol–water partition coefficient (Wildman–Crippen LogP) is 2.52. The fraction of sp³-hybridized carbons (Fsp3) is 0.200. The molecular weight excluding hydrogens is 340 g/mol. The second-order valence-electron chi connectivity index (χ2n) is 6.51. The number of hydrogen-bond donors (Lipinski definition) is 1. The van der Waals surface area contributed by atoms with Gasteiger partial charge >= 0.3 is 0 Å². The average molecular weight is 360 g/mol. The topological polar surface area (TPSA) is 77.1 Å². The number of fused-ring (bicyclic) bond motifs is 1. The average Bonchev–Trinajstić information content (AvgIpc) is 3.22. The molecule has 0 fully saturated rings. The van der Waals surface area contributed by atoms with Gasteiger partial charge < -0.3 is 5.32 Å². The van der Waals surface area contributed by atoms with Gasteiger partial charge in [-0.3, -0.25) is 13.9 Å². The first-order valence-electron chi connectivity index (χ1n) is 8.77. The minimum Gasteiger partial charge on any atom is -0.345 e. The number of benzene rings is 1. The molecule has 0 aliphatic rings. The van der Waals surface area contributed by atoms with Gasteiger partial charge in [-0.2, -0.15) is 5.10 Å². The minimum atomic E-state index is -0.141. The van der Waals surface area contributed by atoms with Gasteiger partial charge in [-0.15, -0.1) is 10.2 Å². The van der Waals surface area contributed by atoms with E-state index < -0.39 is 0 Å². The van der Waals surface area contributed by atoms with Gasteiger partial charge in [0.2, 0.25) is 0 Å². The first-order valence-corrected chi connectivity index (χ1v) is 8.77. The fourth-order valence-electron chi connectivity index (χ4n) is 3.09. The lowest BCUT2D eigenvalue weighted by Gasteiger charge is -2.08. The lowest BCUT2D eigenvalue weighted by molar-refractivity contribution is 0.0949. The van der Waals surface area contributed by atoms with Crippen LogP contribution in [0.2, 0.25) is 0 Å². The normalized spacial score (nSPS) is 11.0. The lowest BCUT2D eigenvalue weighted by atomic mass is 10.1. The summed E-state index contributed by atoms with van der Waals surface area (Å²) in [5.41, 5.74) is 4.49. The number of aromatic nitrogens is 5. The molecule has 136 valence electrons. The molecule has 0 saturated heterocycles. The van der Waals surface area contributed by atoms with Crippen LogP contribution in [0.15, 0.2) is 54.7 Å². The third-order valence-electron chi connectivity index (χ3n) is 4.42. The van der Waals surface area contributed by atoms with Gasteiger partial charge in [0.25, 0.3) is 5.91 Å². The van der Waals surface area contributed by atoms with Crippen molar-refractivity contribution in [3.8, 4) is 0 Å². The molecule has 0 saturated carbocycles. The molecule has 0 aliphatic heterocycles. The van der Waals surface area contributed by atoms with Crippen LogP contribution in [0.5, 0.6) is 0 Å². The number of aryl methyl sites for hydroxylation is 2. The summed E-state index contributed by atoms with van der Waals surface area (Å²) < 4.78 is 3.80. The zero-order valence-corrected chi connectivity index (χ0v) is 15.3. The molecule has 0 bridgehead atoms. The van der Waals surface area contributed by atoms with Gasteiger partial charge in [-0.1, -0.05) is 18.2 Å². The molecule has 0 atom stereocenters. The minimum absolute atomic E-state index is 0.141. The number of rotatable bonds is 5. The van der Waals surface area contributed by atoms with Gasteiger partial charge in [0.15, 0.2) is 11.5 Å². The summed E-state index contributed by atoms with van der Waals surface area (Å²) in [5.74, 6) is 0.552. The molecule has 1 aromatic carbocycles. The van der Waals surface area contributed by atoms with Gasteiger partial charge in [-0.25, -0.2) is 0 Å². The molecule has 7 nitrogen and oxygen atoms in total. The number of carbonyl (C=O) groups excluding carboxylic acids is 1. The lowest BCUT2D eigenvalue weighted by Crippen LogP contribution is -2.24. The molecule has 4 aromatic rings. The van der Waals surface area contributed by atoms with Crippen molar-refractivity contribution >= 4 is 11.6 Å². The van der Waals surface area contributed by atoms with E-state index in [4.69, 9.17) is 0 Å². The van der Waals surface area contributed by atoms with E-state index in [0.29, 0.717) is 24.5 Å². The Hall–Kier alpha value is -3.48. The summed E-state index contributed by atoms with van der Waals surface area (Å²) in [7, 11) is 0. The van der Waals surface area contributed by atoms with E-state index in [-0.39, 0.29) is 5.91 Å². The largest absolute Gasteiger partial charge is 0.345 e. The third kappa shape index (κ3) is 3.57. The van der Waals surface area contributed by atoms with Crippen molar-refractivity contribution < 1.29 is 4.79 Å². The predicted molar refractivity (Wildman–Crippen MR) is 101 cm³/mol. The van der Waals surface area contributed by atoms with E-state index in [2.05, 4.69) is 20.6 Å². The number of hydrogen-bond acceptors (Lipinski definition) is 4. The van der Waals surface area contributed by atoms with Crippen LogP contribution in [-0.4, -0.2) is 30.3 Å². The quantitative estimate of drug-likeness (QED) is 0.593. The summed E-state index contributed by atoms with van der Waals surface area (Å²) in [5, 5.41) is 15.6. The Morgan fingerprint density at radius 2 is 1.96 bits per heavy atom. The molecular formula is C20H20N6O. The third-order valence-corrected chi connectivity index (χ3v) is 4.42. The van der Waals surface area contributed by atoms with Crippen LogP contribution >= 0.6 is 0 Å². The molecule has 4 rings (SSSR count). The Balaban J connectivity index is 1.46. The first kappa shape index (κ1) is 17.0. The molecule has 0 unspecified atom stereocenters. The van der Waals surface area contributed by atoms with Gasteiger partial charge in [0, 0.05) is 17.5 Å². The second-order valence-corrected chi connectivity index (χ2v) is 6.51. The van der Waals surface area contributed by atoms with Gasteiger partial charge in [-0.05, 0) is 49.7 Å². The summed E-state index contributed by atoms with van der Waals surface area (Å²) in [6, 6.07) is 15.3. The van der Waals surface area contributed by atoms with E-state index >= 15 is 0 Å².